The molecule has 1 saturated heterocycles. The number of carbonyl (C=O) groups is 1. The van der Waals surface area contributed by atoms with Crippen molar-refractivity contribution in [3.05, 3.63) is 47.2 Å². The summed E-state index contributed by atoms with van der Waals surface area (Å²) in [6.07, 6.45) is 3.35. The Morgan fingerprint density at radius 3 is 2.62 bits per heavy atom. The van der Waals surface area contributed by atoms with Gasteiger partial charge in [0.15, 0.2) is 11.7 Å². The van der Waals surface area contributed by atoms with Crippen LogP contribution in [-0.2, 0) is 6.54 Å². The van der Waals surface area contributed by atoms with Crippen LogP contribution in [0, 0.1) is 13.8 Å². The van der Waals surface area contributed by atoms with E-state index in [4.69, 9.17) is 14.1 Å². The summed E-state index contributed by atoms with van der Waals surface area (Å²) in [6, 6.07) is 3.43. The molecule has 0 aromatic carbocycles. The van der Waals surface area contributed by atoms with E-state index in [1.807, 2.05) is 31.9 Å². The molecule has 0 spiro atoms. The first kappa shape index (κ1) is 20.7. The lowest BCUT2D eigenvalue weighted by Crippen LogP contribution is -2.53. The SMILES string of the molecule is CCNC(=NCc1ncc(C)c(OC)c1C)N1CCN(C(=O)c2ccco2)CC1. The van der Waals surface area contributed by atoms with Crippen LogP contribution in [-0.4, -0.2) is 66.5 Å². The molecule has 1 aliphatic rings. The largest absolute Gasteiger partial charge is 0.496 e. The van der Waals surface area contributed by atoms with E-state index in [1.165, 1.54) is 6.26 Å². The molecule has 3 heterocycles. The maximum Gasteiger partial charge on any atom is 0.289 e. The Hall–Kier alpha value is -3.03. The van der Waals surface area contributed by atoms with E-state index in [2.05, 4.69) is 15.2 Å². The number of amides is 1. The second kappa shape index (κ2) is 9.45. The van der Waals surface area contributed by atoms with Crippen LogP contribution in [0.3, 0.4) is 0 Å². The molecule has 29 heavy (non-hydrogen) atoms. The standard InChI is InChI=1S/C21H29N5O3/c1-5-22-21(24-14-17-16(3)19(28-4)15(2)13-23-17)26-10-8-25(9-11-26)20(27)18-7-6-12-29-18/h6-7,12-13H,5,8-11,14H2,1-4H3,(H,22,24). The highest BCUT2D eigenvalue weighted by Crippen LogP contribution is 2.24. The Bertz CT molecular complexity index is 855. The Labute approximate surface area is 171 Å². The number of methoxy groups -OCH3 is 1. The zero-order chi connectivity index (χ0) is 20.8. The molecule has 0 radical (unpaired) electrons. The van der Waals surface area contributed by atoms with E-state index < -0.39 is 0 Å². The van der Waals surface area contributed by atoms with E-state index in [1.54, 1.807) is 19.2 Å². The summed E-state index contributed by atoms with van der Waals surface area (Å²) < 4.78 is 10.7. The van der Waals surface area contributed by atoms with Gasteiger partial charge >= 0.3 is 0 Å². The van der Waals surface area contributed by atoms with Gasteiger partial charge in [-0.25, -0.2) is 4.99 Å². The van der Waals surface area contributed by atoms with E-state index >= 15 is 0 Å². The number of rotatable bonds is 5. The number of guanidine groups is 1. The third kappa shape index (κ3) is 4.70. The molecule has 1 aliphatic heterocycles. The number of aryl methyl sites for hydroxylation is 1. The molecule has 1 amide bonds. The maximum atomic E-state index is 12.4. The molecule has 8 heteroatoms. The van der Waals surface area contributed by atoms with Crippen molar-refractivity contribution in [3.8, 4) is 5.75 Å². The second-order valence-electron chi connectivity index (χ2n) is 6.97. The number of pyridine rings is 1. The summed E-state index contributed by atoms with van der Waals surface area (Å²) in [6.45, 7) is 9.95. The molecule has 0 saturated carbocycles. The number of aliphatic imine (C=N–C) groups is 1. The van der Waals surface area contributed by atoms with Crippen molar-refractivity contribution >= 4 is 11.9 Å². The first-order chi connectivity index (χ1) is 14.0. The van der Waals surface area contributed by atoms with E-state index in [9.17, 15) is 4.79 Å². The molecule has 0 aliphatic carbocycles. The Balaban J connectivity index is 1.67. The minimum atomic E-state index is -0.0665. The fourth-order valence-corrected chi connectivity index (χ4v) is 3.48. The summed E-state index contributed by atoms with van der Waals surface area (Å²) in [5, 5.41) is 3.35. The van der Waals surface area contributed by atoms with Gasteiger partial charge in [-0.05, 0) is 32.9 Å². The van der Waals surface area contributed by atoms with Crippen molar-refractivity contribution in [2.75, 3.05) is 39.8 Å². The van der Waals surface area contributed by atoms with Crippen LogP contribution < -0.4 is 10.1 Å². The average molecular weight is 399 g/mol. The number of nitrogens with zero attached hydrogens (tertiary/aromatic N) is 4. The van der Waals surface area contributed by atoms with Crippen molar-refractivity contribution in [2.45, 2.75) is 27.3 Å². The number of aromatic nitrogens is 1. The third-order valence-corrected chi connectivity index (χ3v) is 5.06. The molecular weight excluding hydrogens is 370 g/mol. The van der Waals surface area contributed by atoms with Gasteiger partial charge in [0.2, 0.25) is 0 Å². The van der Waals surface area contributed by atoms with Crippen molar-refractivity contribution in [1.29, 1.82) is 0 Å². The fraction of sp³-hybridized carbons (Fsp3) is 0.476. The Morgan fingerprint density at radius 2 is 2.00 bits per heavy atom. The second-order valence-corrected chi connectivity index (χ2v) is 6.97. The van der Waals surface area contributed by atoms with Crippen LogP contribution >= 0.6 is 0 Å². The lowest BCUT2D eigenvalue weighted by atomic mass is 10.1. The highest BCUT2D eigenvalue weighted by atomic mass is 16.5. The van der Waals surface area contributed by atoms with Crippen LogP contribution in [0.1, 0.15) is 34.3 Å². The predicted octanol–water partition coefficient (Wildman–Crippen LogP) is 2.22. The molecule has 0 atom stereocenters. The number of ether oxygens (including phenoxy) is 1. The Kier molecular flexibility index (Phi) is 6.74. The minimum absolute atomic E-state index is 0.0665. The summed E-state index contributed by atoms with van der Waals surface area (Å²) in [7, 11) is 1.68. The number of carbonyl (C=O) groups excluding carboxylic acids is 1. The number of piperazine rings is 1. The average Bonchev–Trinajstić information content (AvgIpc) is 3.27. The maximum absolute atomic E-state index is 12.4. The molecule has 156 valence electrons. The molecule has 0 unspecified atom stereocenters. The van der Waals surface area contributed by atoms with Gasteiger partial charge < -0.3 is 24.3 Å². The third-order valence-electron chi connectivity index (χ3n) is 5.06. The van der Waals surface area contributed by atoms with E-state index in [-0.39, 0.29) is 5.91 Å². The normalized spacial score (nSPS) is 14.8. The van der Waals surface area contributed by atoms with Crippen LogP contribution in [0.4, 0.5) is 0 Å². The monoisotopic (exact) mass is 399 g/mol. The molecule has 3 rings (SSSR count). The molecule has 2 aromatic heterocycles. The van der Waals surface area contributed by atoms with E-state index in [0.717, 1.165) is 35.1 Å². The summed E-state index contributed by atoms with van der Waals surface area (Å²) in [4.78, 5) is 25.8. The van der Waals surface area contributed by atoms with E-state index in [0.29, 0.717) is 38.5 Å². The van der Waals surface area contributed by atoms with Crippen molar-refractivity contribution in [2.24, 2.45) is 4.99 Å². The van der Waals surface area contributed by atoms with Crippen LogP contribution in [0.15, 0.2) is 34.0 Å². The van der Waals surface area contributed by atoms with Crippen LogP contribution in [0.5, 0.6) is 5.75 Å². The molecule has 1 N–H and O–H groups in total. The lowest BCUT2D eigenvalue weighted by molar-refractivity contribution is 0.0657. The minimum Gasteiger partial charge on any atom is -0.496 e. The van der Waals surface area contributed by atoms with Gasteiger partial charge in [0.05, 0.1) is 25.6 Å². The first-order valence-corrected chi connectivity index (χ1v) is 9.90. The number of nitrogens with one attached hydrogen (secondary N) is 1. The smallest absolute Gasteiger partial charge is 0.289 e. The van der Waals surface area contributed by atoms with Gasteiger partial charge in [0.1, 0.15) is 5.75 Å². The quantitative estimate of drug-likeness (QED) is 0.613. The predicted molar refractivity (Wildman–Crippen MR) is 111 cm³/mol. The molecule has 2 aromatic rings. The first-order valence-electron chi connectivity index (χ1n) is 9.90. The van der Waals surface area contributed by atoms with Crippen LogP contribution in [0.2, 0.25) is 0 Å². The van der Waals surface area contributed by atoms with Crippen molar-refractivity contribution in [1.82, 2.24) is 20.1 Å². The molecule has 8 nitrogen and oxygen atoms in total. The molecule has 0 bridgehead atoms. The highest BCUT2D eigenvalue weighted by molar-refractivity contribution is 5.91. The van der Waals surface area contributed by atoms with Crippen molar-refractivity contribution < 1.29 is 13.9 Å². The lowest BCUT2D eigenvalue weighted by Gasteiger charge is -2.36. The Morgan fingerprint density at radius 1 is 1.28 bits per heavy atom. The topological polar surface area (TPSA) is 83.2 Å². The number of hydrogen-bond acceptors (Lipinski definition) is 5. The summed E-state index contributed by atoms with van der Waals surface area (Å²) in [5.41, 5.74) is 2.93. The number of hydrogen-bond donors (Lipinski definition) is 1. The summed E-state index contributed by atoms with van der Waals surface area (Å²) in [5.74, 6) is 2.01. The molecular formula is C21H29N5O3. The van der Waals surface area contributed by atoms with Gasteiger partial charge in [-0.1, -0.05) is 0 Å². The van der Waals surface area contributed by atoms with Gasteiger partial charge in [0, 0.05) is 50.0 Å². The molecule has 1 fully saturated rings. The highest BCUT2D eigenvalue weighted by Gasteiger charge is 2.25. The van der Waals surface area contributed by atoms with Crippen molar-refractivity contribution in [3.63, 3.8) is 0 Å². The van der Waals surface area contributed by atoms with Gasteiger partial charge in [-0.2, -0.15) is 0 Å². The van der Waals surface area contributed by atoms with Gasteiger partial charge in [0.25, 0.3) is 5.91 Å². The van der Waals surface area contributed by atoms with Gasteiger partial charge in [-0.15, -0.1) is 0 Å². The van der Waals surface area contributed by atoms with Gasteiger partial charge in [-0.3, -0.25) is 9.78 Å². The van der Waals surface area contributed by atoms with Crippen LogP contribution in [0.25, 0.3) is 0 Å². The zero-order valence-corrected chi connectivity index (χ0v) is 17.6. The fourth-order valence-electron chi connectivity index (χ4n) is 3.48. The summed E-state index contributed by atoms with van der Waals surface area (Å²) >= 11 is 0. The zero-order valence-electron chi connectivity index (χ0n) is 17.6. The number of furan rings is 1.